The molecule has 0 saturated heterocycles. The van der Waals surface area contributed by atoms with Crippen molar-refractivity contribution >= 4 is 49.7 Å². The average Bonchev–Trinajstić information content (AvgIpc) is 1.63. The van der Waals surface area contributed by atoms with Crippen molar-refractivity contribution in [3.8, 4) is 0 Å². The second-order valence-corrected chi connectivity index (χ2v) is 0.848. The predicted octanol–water partition coefficient (Wildman–Crippen LogP) is -2.49. The van der Waals surface area contributed by atoms with Crippen LogP contribution in [0.2, 0.25) is 0 Å². The molecule has 0 aliphatic carbocycles. The van der Waals surface area contributed by atoms with E-state index < -0.39 is 17.0 Å². The van der Waals surface area contributed by atoms with Crippen LogP contribution in [0.5, 0.6) is 0 Å². The second-order valence-electron chi connectivity index (χ2n) is 0.848. The first-order valence-electron chi connectivity index (χ1n) is 1.67. The Balaban J connectivity index is -0.0000000483. The van der Waals surface area contributed by atoms with Crippen LogP contribution in [0, 0.1) is 10.1 Å². The van der Waals surface area contributed by atoms with Crippen molar-refractivity contribution in [2.24, 2.45) is 0 Å². The third-order valence-electron chi connectivity index (χ3n) is 0.183. The quantitative estimate of drug-likeness (QED) is 0.158. The molecule has 0 bridgehead atoms. The fraction of sp³-hybridized carbons (Fsp3) is 0. The molecule has 12 heavy (non-hydrogen) atoms. The first kappa shape index (κ1) is 22.5. The van der Waals surface area contributed by atoms with Gasteiger partial charge in [-0.3, -0.25) is 0 Å². The van der Waals surface area contributed by atoms with Gasteiger partial charge in [0.25, 0.3) is 5.09 Å². The summed E-state index contributed by atoms with van der Waals surface area (Å²) in [5, 5.41) is 28.4. The Morgan fingerprint density at radius 3 is 1.17 bits per heavy atom. The monoisotopic (exact) mass is 169 g/mol. The summed E-state index contributed by atoms with van der Waals surface area (Å²) in [6.45, 7) is 0. The van der Waals surface area contributed by atoms with Crippen LogP contribution in [0.3, 0.4) is 0 Å². The number of rotatable bonds is 0. The fourth-order valence-corrected chi connectivity index (χ4v) is 0. The van der Waals surface area contributed by atoms with Crippen LogP contribution in [0.15, 0.2) is 0 Å². The Kier molecular flexibility index (Phi) is 24.3. The zero-order valence-corrected chi connectivity index (χ0v) is 4.42. The first-order valence-corrected chi connectivity index (χ1v) is 1.67. The summed E-state index contributed by atoms with van der Waals surface area (Å²) in [5.41, 5.74) is 0. The van der Waals surface area contributed by atoms with Crippen LogP contribution in [0.4, 0.5) is 0 Å². The molecule has 0 radical (unpaired) electrons. The molecule has 8 nitrogen and oxygen atoms in total. The summed E-state index contributed by atoms with van der Waals surface area (Å²) < 4.78 is 0. The summed E-state index contributed by atoms with van der Waals surface area (Å²) in [6, 6.07) is 0. The van der Waals surface area contributed by atoms with Gasteiger partial charge in [0.1, 0.15) is 0 Å². The maximum atomic E-state index is 9.10. The standard InChI is InChI=1S/C2H2O4.2Li.HNO3.2H/c3-1(4)2(5)6;;;2-1(3)4;;/h(H,3,4)(H,5,6);;;(H,2,3,4);;. The first-order chi connectivity index (χ1) is 4.37. The molecule has 0 aromatic heterocycles. The molecular weight excluding hydrogens is 164 g/mol. The van der Waals surface area contributed by atoms with Gasteiger partial charge in [0.2, 0.25) is 0 Å². The molecule has 0 aromatic rings. The van der Waals surface area contributed by atoms with Crippen molar-refractivity contribution < 1.29 is 30.1 Å². The number of hydrogen-bond acceptors (Lipinski definition) is 4. The van der Waals surface area contributed by atoms with Gasteiger partial charge < -0.3 is 15.4 Å². The summed E-state index contributed by atoms with van der Waals surface area (Å²) in [6.07, 6.45) is 0. The van der Waals surface area contributed by atoms with E-state index in [0.717, 1.165) is 0 Å². The fourth-order valence-electron chi connectivity index (χ4n) is 0. The topological polar surface area (TPSA) is 138 Å². The zero-order chi connectivity index (χ0) is 8.73. The molecule has 0 spiro atoms. The zero-order valence-electron chi connectivity index (χ0n) is 4.42. The normalized spacial score (nSPS) is 5.67. The average molecular weight is 169 g/mol. The van der Waals surface area contributed by atoms with E-state index in [1.165, 1.54) is 0 Å². The molecular formula is C2H5Li2NO7. The molecule has 10 heteroatoms. The van der Waals surface area contributed by atoms with Crippen LogP contribution in [-0.4, -0.2) is 70.2 Å². The Morgan fingerprint density at radius 1 is 1.08 bits per heavy atom. The van der Waals surface area contributed by atoms with Crippen LogP contribution in [0.1, 0.15) is 0 Å². The van der Waals surface area contributed by atoms with Gasteiger partial charge >= 0.3 is 49.7 Å². The van der Waals surface area contributed by atoms with Crippen molar-refractivity contribution in [2.75, 3.05) is 0 Å². The Bertz CT molecular complexity index is 141. The number of carbonyl (C=O) groups is 2. The number of aliphatic carboxylic acids is 2. The van der Waals surface area contributed by atoms with Crippen molar-refractivity contribution in [3.05, 3.63) is 10.1 Å². The van der Waals surface area contributed by atoms with Crippen molar-refractivity contribution in [3.63, 3.8) is 0 Å². The van der Waals surface area contributed by atoms with Gasteiger partial charge in [-0.1, -0.05) is 0 Å². The van der Waals surface area contributed by atoms with Gasteiger partial charge in [-0.05, 0) is 0 Å². The third-order valence-corrected chi connectivity index (χ3v) is 0.183. The van der Waals surface area contributed by atoms with Crippen LogP contribution < -0.4 is 0 Å². The molecule has 0 rings (SSSR count). The van der Waals surface area contributed by atoms with E-state index in [1.807, 2.05) is 0 Å². The van der Waals surface area contributed by atoms with Gasteiger partial charge in [-0.2, -0.15) is 0 Å². The molecule has 0 fully saturated rings. The van der Waals surface area contributed by atoms with Gasteiger partial charge in [0.15, 0.2) is 0 Å². The molecule has 0 aliphatic rings. The van der Waals surface area contributed by atoms with E-state index in [0.29, 0.717) is 0 Å². The van der Waals surface area contributed by atoms with Gasteiger partial charge in [0.05, 0.1) is 0 Å². The van der Waals surface area contributed by atoms with Gasteiger partial charge in [0, 0.05) is 0 Å². The molecule has 0 atom stereocenters. The van der Waals surface area contributed by atoms with E-state index >= 15 is 0 Å². The molecule has 0 unspecified atom stereocenters. The number of carboxylic acid groups (broad SMARTS) is 2. The SMILES string of the molecule is O=C(O)C(=O)O.O=[N+]([O-])O.[LiH].[LiH]. The van der Waals surface area contributed by atoms with E-state index in [9.17, 15) is 0 Å². The molecule has 62 valence electrons. The minimum atomic E-state index is -1.82. The number of nitrogens with zero attached hydrogens (tertiary/aromatic N) is 1. The molecule has 0 amide bonds. The second kappa shape index (κ2) is 13.0. The maximum absolute atomic E-state index is 9.10. The molecule has 0 saturated carbocycles. The number of hydrogen-bond donors (Lipinski definition) is 3. The van der Waals surface area contributed by atoms with Crippen molar-refractivity contribution in [1.82, 2.24) is 0 Å². The van der Waals surface area contributed by atoms with Crippen LogP contribution in [-0.2, 0) is 9.59 Å². The van der Waals surface area contributed by atoms with Crippen molar-refractivity contribution in [1.29, 1.82) is 0 Å². The van der Waals surface area contributed by atoms with Gasteiger partial charge in [-0.15, -0.1) is 10.1 Å². The number of carboxylic acids is 2. The molecule has 0 aromatic carbocycles. The van der Waals surface area contributed by atoms with Crippen LogP contribution in [0.25, 0.3) is 0 Å². The predicted molar refractivity (Wildman–Crippen MR) is 38.4 cm³/mol. The van der Waals surface area contributed by atoms with E-state index in [4.69, 9.17) is 35.1 Å². The minimum absolute atomic E-state index is 0. The Hall–Kier alpha value is -0.665. The summed E-state index contributed by atoms with van der Waals surface area (Å²) in [4.78, 5) is 26.6. The molecule has 3 N–H and O–H groups in total. The molecule has 0 aliphatic heterocycles. The molecule has 0 heterocycles. The van der Waals surface area contributed by atoms with Crippen LogP contribution >= 0.6 is 0 Å². The van der Waals surface area contributed by atoms with E-state index in [1.54, 1.807) is 0 Å². The summed E-state index contributed by atoms with van der Waals surface area (Å²) in [7, 11) is 0. The Morgan fingerprint density at radius 2 is 1.17 bits per heavy atom. The summed E-state index contributed by atoms with van der Waals surface area (Å²) in [5.74, 6) is -3.65. The third kappa shape index (κ3) is 58.3. The Labute approximate surface area is 90.0 Å². The summed E-state index contributed by atoms with van der Waals surface area (Å²) >= 11 is 0. The van der Waals surface area contributed by atoms with E-state index in [-0.39, 0.29) is 37.7 Å². The van der Waals surface area contributed by atoms with E-state index in [2.05, 4.69) is 0 Å². The van der Waals surface area contributed by atoms with Crippen molar-refractivity contribution in [2.45, 2.75) is 0 Å². The van der Waals surface area contributed by atoms with Gasteiger partial charge in [-0.25, -0.2) is 9.59 Å².